The number of carbonyl (C=O) groups excluding carboxylic acids is 2. The number of hydrogen-bond acceptors (Lipinski definition) is 6. The van der Waals surface area contributed by atoms with Crippen LogP contribution in [-0.4, -0.2) is 20.9 Å². The molecule has 0 saturated heterocycles. The van der Waals surface area contributed by atoms with E-state index < -0.39 is 23.1 Å². The first kappa shape index (κ1) is 14.0. The number of rotatable bonds is 1. The topological polar surface area (TPSA) is 129 Å². The van der Waals surface area contributed by atoms with Crippen LogP contribution in [0.4, 0.5) is 5.82 Å². The van der Waals surface area contributed by atoms with Crippen LogP contribution in [-0.2, 0) is 7.05 Å². The van der Waals surface area contributed by atoms with Crippen molar-refractivity contribution in [2.24, 2.45) is 7.05 Å². The van der Waals surface area contributed by atoms with Crippen molar-refractivity contribution in [3.05, 3.63) is 56.3 Å². The number of hydrogen-bond donors (Lipinski definition) is 2. The largest absolute Gasteiger partial charge is 0.419 e. The number of benzene rings is 1. The van der Waals surface area contributed by atoms with E-state index >= 15 is 0 Å². The number of carbonyl (C=O) groups is 2. The van der Waals surface area contributed by atoms with Gasteiger partial charge in [-0.05, 0) is 18.2 Å². The van der Waals surface area contributed by atoms with Gasteiger partial charge in [0.2, 0.25) is 0 Å². The SMILES string of the molecule is Cn1c(=O)oc2ccc(-n3c(N)c4c(cc3=O)C(=O)NC4=O)cc21. The van der Waals surface area contributed by atoms with Gasteiger partial charge in [-0.25, -0.2) is 4.79 Å². The zero-order valence-corrected chi connectivity index (χ0v) is 12.3. The summed E-state index contributed by atoms with van der Waals surface area (Å²) in [7, 11) is 1.53. The molecule has 2 aromatic heterocycles. The van der Waals surface area contributed by atoms with E-state index in [1.54, 1.807) is 6.07 Å². The van der Waals surface area contributed by atoms with Gasteiger partial charge in [0, 0.05) is 13.1 Å². The van der Waals surface area contributed by atoms with E-state index in [9.17, 15) is 19.2 Å². The molecule has 2 amide bonds. The Kier molecular flexibility index (Phi) is 2.59. The first-order chi connectivity index (χ1) is 11.4. The van der Waals surface area contributed by atoms with Gasteiger partial charge in [-0.2, -0.15) is 0 Å². The average Bonchev–Trinajstić information content (AvgIpc) is 2.97. The summed E-state index contributed by atoms with van der Waals surface area (Å²) in [5.41, 5.74) is 6.47. The molecule has 0 atom stereocenters. The molecule has 0 unspecified atom stereocenters. The minimum absolute atomic E-state index is 0.0409. The summed E-state index contributed by atoms with van der Waals surface area (Å²) >= 11 is 0. The highest BCUT2D eigenvalue weighted by molar-refractivity contribution is 6.23. The molecule has 0 spiro atoms. The van der Waals surface area contributed by atoms with Crippen LogP contribution < -0.4 is 22.4 Å². The Bertz CT molecular complexity index is 1180. The molecule has 0 bridgehead atoms. The minimum atomic E-state index is -0.655. The van der Waals surface area contributed by atoms with Crippen molar-refractivity contribution < 1.29 is 14.0 Å². The Morgan fingerprint density at radius 2 is 1.83 bits per heavy atom. The number of imide groups is 1. The number of nitrogens with two attached hydrogens (primary N) is 1. The number of nitrogens with zero attached hydrogens (tertiary/aromatic N) is 2. The maximum Gasteiger partial charge on any atom is 0.419 e. The van der Waals surface area contributed by atoms with Crippen molar-refractivity contribution in [3.63, 3.8) is 0 Å². The van der Waals surface area contributed by atoms with Crippen molar-refractivity contribution in [1.82, 2.24) is 14.5 Å². The number of pyridine rings is 1. The van der Waals surface area contributed by atoms with E-state index in [0.717, 1.165) is 10.6 Å². The van der Waals surface area contributed by atoms with Crippen LogP contribution in [0.3, 0.4) is 0 Å². The minimum Gasteiger partial charge on any atom is -0.408 e. The molecule has 9 nitrogen and oxygen atoms in total. The Labute approximate surface area is 132 Å². The molecule has 4 rings (SSSR count). The highest BCUT2D eigenvalue weighted by Crippen LogP contribution is 2.24. The normalized spacial score (nSPS) is 13.4. The lowest BCUT2D eigenvalue weighted by molar-refractivity contribution is 0.0880. The standard InChI is InChI=1S/C15H10N4O5/c1-18-8-4-6(2-3-9(8)24-15(18)23)19-10(20)5-7-11(12(19)16)14(22)17-13(7)21/h2-5H,16H2,1H3,(H,17,21,22). The Morgan fingerprint density at radius 1 is 1.08 bits per heavy atom. The highest BCUT2D eigenvalue weighted by atomic mass is 16.4. The van der Waals surface area contributed by atoms with Crippen molar-refractivity contribution >= 4 is 28.7 Å². The third kappa shape index (κ3) is 1.69. The van der Waals surface area contributed by atoms with Gasteiger partial charge < -0.3 is 10.2 Å². The van der Waals surface area contributed by atoms with Crippen LogP contribution in [0, 0.1) is 0 Å². The summed E-state index contributed by atoms with van der Waals surface area (Å²) in [6.07, 6.45) is 0. The zero-order chi connectivity index (χ0) is 17.2. The predicted molar refractivity (Wildman–Crippen MR) is 83.3 cm³/mol. The molecular weight excluding hydrogens is 316 g/mol. The van der Waals surface area contributed by atoms with Crippen LogP contribution in [0.1, 0.15) is 20.7 Å². The molecule has 0 radical (unpaired) electrons. The number of fused-ring (bicyclic) bond motifs is 2. The number of aryl methyl sites for hydroxylation is 1. The van der Waals surface area contributed by atoms with Crippen molar-refractivity contribution in [2.45, 2.75) is 0 Å². The van der Waals surface area contributed by atoms with Crippen LogP contribution in [0.5, 0.6) is 0 Å². The molecule has 3 heterocycles. The number of anilines is 1. The highest BCUT2D eigenvalue weighted by Gasteiger charge is 2.31. The smallest absolute Gasteiger partial charge is 0.408 e. The average molecular weight is 326 g/mol. The van der Waals surface area contributed by atoms with E-state index in [0.29, 0.717) is 16.8 Å². The molecule has 0 saturated carbocycles. The van der Waals surface area contributed by atoms with Crippen LogP contribution in [0.25, 0.3) is 16.8 Å². The molecule has 0 fully saturated rings. The number of nitrogens with one attached hydrogen (secondary N) is 1. The molecular formula is C15H10N4O5. The number of aromatic nitrogens is 2. The van der Waals surface area contributed by atoms with Gasteiger partial charge in [0.1, 0.15) is 5.82 Å². The van der Waals surface area contributed by atoms with E-state index in [-0.39, 0.29) is 16.9 Å². The van der Waals surface area contributed by atoms with Crippen molar-refractivity contribution in [2.75, 3.05) is 5.73 Å². The second-order valence-corrected chi connectivity index (χ2v) is 5.35. The first-order valence-corrected chi connectivity index (χ1v) is 6.89. The molecule has 1 aliphatic rings. The van der Waals surface area contributed by atoms with Crippen molar-refractivity contribution in [3.8, 4) is 5.69 Å². The lowest BCUT2D eigenvalue weighted by atomic mass is 10.1. The third-order valence-corrected chi connectivity index (χ3v) is 3.99. The Balaban J connectivity index is 2.05. The van der Waals surface area contributed by atoms with E-state index in [2.05, 4.69) is 5.32 Å². The van der Waals surface area contributed by atoms with Crippen LogP contribution >= 0.6 is 0 Å². The quantitative estimate of drug-likeness (QED) is 0.593. The molecule has 24 heavy (non-hydrogen) atoms. The summed E-state index contributed by atoms with van der Waals surface area (Å²) in [4.78, 5) is 47.5. The third-order valence-electron chi connectivity index (χ3n) is 3.99. The van der Waals surface area contributed by atoms with Gasteiger partial charge in [-0.3, -0.25) is 28.8 Å². The fourth-order valence-corrected chi connectivity index (χ4v) is 2.80. The summed E-state index contributed by atoms with van der Waals surface area (Å²) in [6, 6.07) is 5.66. The molecule has 9 heteroatoms. The van der Waals surface area contributed by atoms with Gasteiger partial charge in [0.25, 0.3) is 17.4 Å². The van der Waals surface area contributed by atoms with Gasteiger partial charge in [-0.15, -0.1) is 0 Å². The van der Waals surface area contributed by atoms with Crippen LogP contribution in [0.2, 0.25) is 0 Å². The second kappa shape index (κ2) is 4.44. The summed E-state index contributed by atoms with van der Waals surface area (Å²) in [5, 5.41) is 2.10. The van der Waals surface area contributed by atoms with Gasteiger partial charge in [-0.1, -0.05) is 0 Å². The monoisotopic (exact) mass is 326 g/mol. The van der Waals surface area contributed by atoms with E-state index in [1.165, 1.54) is 23.7 Å². The molecule has 1 aliphatic heterocycles. The molecule has 0 aliphatic carbocycles. The van der Waals surface area contributed by atoms with Gasteiger partial charge >= 0.3 is 5.76 Å². The lowest BCUT2D eigenvalue weighted by Crippen LogP contribution is -2.24. The van der Waals surface area contributed by atoms with Gasteiger partial charge in [0.15, 0.2) is 5.58 Å². The molecule has 1 aromatic carbocycles. The first-order valence-electron chi connectivity index (χ1n) is 6.89. The fraction of sp³-hybridized carbons (Fsp3) is 0.0667. The second-order valence-electron chi connectivity index (χ2n) is 5.35. The van der Waals surface area contributed by atoms with Crippen LogP contribution in [0.15, 0.2) is 38.3 Å². The van der Waals surface area contributed by atoms with Crippen molar-refractivity contribution in [1.29, 1.82) is 0 Å². The number of amides is 2. The van der Waals surface area contributed by atoms with E-state index in [4.69, 9.17) is 10.2 Å². The summed E-state index contributed by atoms with van der Waals surface area (Å²) in [5.74, 6) is -1.99. The summed E-state index contributed by atoms with van der Waals surface area (Å²) in [6.45, 7) is 0. The zero-order valence-electron chi connectivity index (χ0n) is 12.3. The Morgan fingerprint density at radius 3 is 2.58 bits per heavy atom. The Hall–Kier alpha value is -3.62. The maximum absolute atomic E-state index is 12.4. The maximum atomic E-state index is 12.4. The number of oxazole rings is 1. The van der Waals surface area contributed by atoms with Gasteiger partial charge in [0.05, 0.1) is 22.3 Å². The summed E-state index contributed by atoms with van der Waals surface area (Å²) < 4.78 is 7.42. The fourth-order valence-electron chi connectivity index (χ4n) is 2.80. The molecule has 3 N–H and O–H groups in total. The lowest BCUT2D eigenvalue weighted by Gasteiger charge is -2.11. The molecule has 120 valence electrons. The molecule has 3 aromatic rings. The predicted octanol–water partition coefficient (Wildman–Crippen LogP) is -0.252. The van der Waals surface area contributed by atoms with E-state index in [1.807, 2.05) is 0 Å². The number of nitrogen functional groups attached to an aromatic ring is 1.